The highest BCUT2D eigenvalue weighted by molar-refractivity contribution is 7.92. The second-order valence-corrected chi connectivity index (χ2v) is 8.56. The molecule has 0 fully saturated rings. The van der Waals surface area contributed by atoms with Gasteiger partial charge < -0.3 is 10.1 Å². The molecule has 0 unspecified atom stereocenters. The number of rotatable bonds is 9. The predicted molar refractivity (Wildman–Crippen MR) is 114 cm³/mol. The molecule has 0 saturated carbocycles. The van der Waals surface area contributed by atoms with Crippen molar-refractivity contribution in [3.05, 3.63) is 53.6 Å². The Bertz CT molecular complexity index is 926. The molecule has 2 aromatic rings. The maximum atomic E-state index is 12.4. The molecule has 0 spiro atoms. The van der Waals surface area contributed by atoms with Crippen molar-refractivity contribution in [3.63, 3.8) is 0 Å². The topological polar surface area (TPSA) is 75.7 Å². The Hall–Kier alpha value is -2.54. The zero-order chi connectivity index (χ0) is 20.7. The number of hydrogen-bond acceptors (Lipinski definition) is 4. The number of nitrogens with zero attached hydrogens (tertiary/aromatic N) is 1. The summed E-state index contributed by atoms with van der Waals surface area (Å²) in [5.41, 5.74) is 3.47. The number of carbonyl (C=O) groups excluding carboxylic acids is 1. The van der Waals surface area contributed by atoms with Gasteiger partial charge in [-0.2, -0.15) is 0 Å². The van der Waals surface area contributed by atoms with Crippen molar-refractivity contribution in [1.82, 2.24) is 0 Å². The molecule has 1 amide bonds. The van der Waals surface area contributed by atoms with E-state index in [-0.39, 0.29) is 18.9 Å². The maximum absolute atomic E-state index is 12.4. The van der Waals surface area contributed by atoms with Crippen molar-refractivity contribution < 1.29 is 17.9 Å². The van der Waals surface area contributed by atoms with E-state index in [1.54, 1.807) is 24.3 Å². The number of carbonyl (C=O) groups is 1. The quantitative estimate of drug-likeness (QED) is 0.691. The second-order valence-electron chi connectivity index (χ2n) is 6.65. The summed E-state index contributed by atoms with van der Waals surface area (Å²) in [5, 5.41) is 2.97. The summed E-state index contributed by atoms with van der Waals surface area (Å²) < 4.78 is 30.9. The molecule has 0 radical (unpaired) electrons. The molecule has 1 N–H and O–H groups in total. The van der Waals surface area contributed by atoms with Gasteiger partial charge in [-0.25, -0.2) is 8.42 Å². The highest BCUT2D eigenvalue weighted by Crippen LogP contribution is 2.24. The number of methoxy groups -OCH3 is 1. The lowest BCUT2D eigenvalue weighted by Gasteiger charge is -2.22. The van der Waals surface area contributed by atoms with E-state index in [1.807, 2.05) is 32.0 Å². The van der Waals surface area contributed by atoms with Crippen LogP contribution in [0.25, 0.3) is 0 Å². The number of hydrogen-bond donors (Lipinski definition) is 1. The van der Waals surface area contributed by atoms with Crippen molar-refractivity contribution >= 4 is 27.3 Å². The molecule has 7 heteroatoms. The molecule has 0 saturated heterocycles. The van der Waals surface area contributed by atoms with Crippen LogP contribution in [0.5, 0.6) is 5.75 Å². The van der Waals surface area contributed by atoms with Crippen LogP contribution in [-0.4, -0.2) is 34.2 Å². The molecular formula is C21H28N2O4S. The van der Waals surface area contributed by atoms with E-state index in [1.165, 1.54) is 11.4 Å². The fraction of sp³-hybridized carbons (Fsp3) is 0.381. The Labute approximate surface area is 167 Å². The Kier molecular flexibility index (Phi) is 7.45. The van der Waals surface area contributed by atoms with Gasteiger partial charge in [0.15, 0.2) is 0 Å². The van der Waals surface area contributed by atoms with Crippen LogP contribution in [0, 0.1) is 6.92 Å². The smallest absolute Gasteiger partial charge is 0.232 e. The van der Waals surface area contributed by atoms with Crippen LogP contribution < -0.4 is 14.4 Å². The number of benzene rings is 2. The van der Waals surface area contributed by atoms with Crippen LogP contribution in [0.3, 0.4) is 0 Å². The van der Waals surface area contributed by atoms with Gasteiger partial charge in [-0.1, -0.05) is 31.2 Å². The first kappa shape index (κ1) is 21.8. The van der Waals surface area contributed by atoms with E-state index >= 15 is 0 Å². The van der Waals surface area contributed by atoms with Crippen LogP contribution in [0.2, 0.25) is 0 Å². The largest absolute Gasteiger partial charge is 0.497 e. The zero-order valence-electron chi connectivity index (χ0n) is 16.9. The first-order valence-corrected chi connectivity index (χ1v) is 11.1. The summed E-state index contributed by atoms with van der Waals surface area (Å²) in [6.45, 7) is 4.22. The van der Waals surface area contributed by atoms with Crippen LogP contribution in [0.15, 0.2) is 42.5 Å². The first-order chi connectivity index (χ1) is 13.3. The van der Waals surface area contributed by atoms with Gasteiger partial charge in [-0.05, 0) is 43.0 Å². The average Bonchev–Trinajstić information content (AvgIpc) is 2.65. The van der Waals surface area contributed by atoms with Gasteiger partial charge in [0.25, 0.3) is 0 Å². The molecule has 0 atom stereocenters. The number of anilines is 2. The van der Waals surface area contributed by atoms with Gasteiger partial charge in [0, 0.05) is 24.7 Å². The highest BCUT2D eigenvalue weighted by Gasteiger charge is 2.18. The van der Waals surface area contributed by atoms with Crippen LogP contribution in [-0.2, 0) is 21.2 Å². The number of aryl methyl sites for hydroxylation is 2. The van der Waals surface area contributed by atoms with Crippen molar-refractivity contribution in [1.29, 1.82) is 0 Å². The minimum atomic E-state index is -3.47. The van der Waals surface area contributed by atoms with Gasteiger partial charge in [0.1, 0.15) is 5.75 Å². The lowest BCUT2D eigenvalue weighted by Crippen LogP contribution is -2.31. The summed E-state index contributed by atoms with van der Waals surface area (Å²) in [4.78, 5) is 12.4. The van der Waals surface area contributed by atoms with Gasteiger partial charge in [-0.15, -0.1) is 0 Å². The van der Waals surface area contributed by atoms with Gasteiger partial charge in [-0.3, -0.25) is 9.10 Å². The number of ether oxygens (including phenoxy) is 1. The summed E-state index contributed by atoms with van der Waals surface area (Å²) in [6.07, 6.45) is 2.62. The Morgan fingerprint density at radius 1 is 1.18 bits per heavy atom. The van der Waals surface area contributed by atoms with Gasteiger partial charge in [0.05, 0.1) is 19.1 Å². The number of para-hydroxylation sites is 1. The van der Waals surface area contributed by atoms with Crippen LogP contribution in [0.1, 0.15) is 30.9 Å². The minimum absolute atomic E-state index is 0.122. The van der Waals surface area contributed by atoms with Crippen molar-refractivity contribution in [3.8, 4) is 5.75 Å². The molecule has 0 bridgehead atoms. The summed E-state index contributed by atoms with van der Waals surface area (Å²) in [5.74, 6) is 0.457. The van der Waals surface area contributed by atoms with Crippen LogP contribution >= 0.6 is 0 Å². The highest BCUT2D eigenvalue weighted by atomic mass is 32.2. The van der Waals surface area contributed by atoms with Crippen molar-refractivity contribution in [2.75, 3.05) is 29.5 Å². The van der Waals surface area contributed by atoms with E-state index in [2.05, 4.69) is 5.32 Å². The summed E-state index contributed by atoms with van der Waals surface area (Å²) >= 11 is 0. The molecule has 0 aromatic heterocycles. The van der Waals surface area contributed by atoms with Crippen LogP contribution in [0.4, 0.5) is 11.4 Å². The lowest BCUT2D eigenvalue weighted by atomic mass is 10.1. The maximum Gasteiger partial charge on any atom is 0.232 e. The number of nitrogens with one attached hydrogen (secondary N) is 1. The third kappa shape index (κ3) is 5.73. The molecule has 0 aliphatic rings. The predicted octanol–water partition coefficient (Wildman–Crippen LogP) is 3.75. The lowest BCUT2D eigenvalue weighted by molar-refractivity contribution is -0.116. The third-order valence-electron chi connectivity index (χ3n) is 4.51. The summed E-state index contributed by atoms with van der Waals surface area (Å²) in [6, 6.07) is 12.8. The van der Waals surface area contributed by atoms with E-state index in [0.717, 1.165) is 29.5 Å². The van der Waals surface area contributed by atoms with Crippen molar-refractivity contribution in [2.45, 2.75) is 33.1 Å². The SMILES string of the molecule is CCc1cccc(C)c1NC(=O)CCCN(c1cccc(OC)c1)S(C)(=O)=O. The minimum Gasteiger partial charge on any atom is -0.497 e. The normalized spacial score (nSPS) is 11.1. The fourth-order valence-electron chi connectivity index (χ4n) is 3.04. The Balaban J connectivity index is 2.04. The number of amides is 1. The van der Waals surface area contributed by atoms with Gasteiger partial charge >= 0.3 is 0 Å². The Morgan fingerprint density at radius 3 is 2.54 bits per heavy atom. The van der Waals surface area contributed by atoms with E-state index < -0.39 is 10.0 Å². The molecule has 2 rings (SSSR count). The fourth-order valence-corrected chi connectivity index (χ4v) is 4.00. The molecule has 0 aliphatic carbocycles. The van der Waals surface area contributed by atoms with E-state index in [9.17, 15) is 13.2 Å². The van der Waals surface area contributed by atoms with Crippen molar-refractivity contribution in [2.24, 2.45) is 0 Å². The summed E-state index contributed by atoms with van der Waals surface area (Å²) in [7, 11) is -1.94. The van der Waals surface area contributed by atoms with E-state index in [4.69, 9.17) is 4.74 Å². The third-order valence-corrected chi connectivity index (χ3v) is 5.71. The number of sulfonamides is 1. The molecule has 28 heavy (non-hydrogen) atoms. The zero-order valence-corrected chi connectivity index (χ0v) is 17.7. The van der Waals surface area contributed by atoms with E-state index in [0.29, 0.717) is 17.9 Å². The second kappa shape index (κ2) is 9.59. The first-order valence-electron chi connectivity index (χ1n) is 9.26. The molecule has 152 valence electrons. The molecule has 0 heterocycles. The standard InChI is InChI=1S/C21H28N2O4S/c1-5-17-10-6-9-16(2)21(17)22-20(24)13-8-14-23(28(4,25)26)18-11-7-12-19(15-18)27-3/h6-7,9-12,15H,5,8,13-14H2,1-4H3,(H,22,24). The Morgan fingerprint density at radius 2 is 1.89 bits per heavy atom. The molecule has 6 nitrogen and oxygen atoms in total. The molecule has 0 aliphatic heterocycles. The van der Waals surface area contributed by atoms with Gasteiger partial charge in [0.2, 0.25) is 15.9 Å². The average molecular weight is 405 g/mol. The molecule has 2 aromatic carbocycles. The monoisotopic (exact) mass is 404 g/mol. The molecular weight excluding hydrogens is 376 g/mol.